The second-order valence-electron chi connectivity index (χ2n) is 2.29. The predicted molar refractivity (Wildman–Crippen MR) is 48.1 cm³/mol. The van der Waals surface area contributed by atoms with Gasteiger partial charge in [0.1, 0.15) is 0 Å². The average Bonchev–Trinajstić information content (AvgIpc) is 2.06. The number of hydrogen-bond donors (Lipinski definition) is 1. The topological polar surface area (TPSA) is 45.8 Å². The van der Waals surface area contributed by atoms with Gasteiger partial charge in [-0.2, -0.15) is 5.10 Å². The van der Waals surface area contributed by atoms with Crippen LogP contribution in [0.25, 0.3) is 10.8 Å². The summed E-state index contributed by atoms with van der Waals surface area (Å²) in [7, 11) is 0. The van der Waals surface area contributed by atoms with Gasteiger partial charge in [0.25, 0.3) is 5.56 Å². The molecular weight excluding hydrogens is 163 g/mol. The third-order valence-corrected chi connectivity index (χ3v) is 1.58. The summed E-state index contributed by atoms with van der Waals surface area (Å²) in [6.07, 6.45) is 1.64. The molecule has 55 valence electrons. The monoisotopic (exact) mass is 169 g/mol. The van der Waals surface area contributed by atoms with Crippen LogP contribution in [0.4, 0.5) is 0 Å². The van der Waals surface area contributed by atoms with Gasteiger partial charge < -0.3 is 0 Å². The van der Waals surface area contributed by atoms with Crippen LogP contribution in [0, 0.1) is 0 Å². The van der Waals surface area contributed by atoms with Crippen molar-refractivity contribution >= 4 is 40.3 Å². The molecule has 4 heteroatoms. The van der Waals surface area contributed by atoms with Gasteiger partial charge in [0.15, 0.2) is 0 Å². The molecule has 3 nitrogen and oxygen atoms in total. The van der Waals surface area contributed by atoms with E-state index >= 15 is 0 Å². The van der Waals surface area contributed by atoms with Crippen LogP contribution in [0.2, 0.25) is 0 Å². The van der Waals surface area contributed by atoms with Crippen molar-refractivity contribution in [3.8, 4) is 0 Å². The number of H-pyrrole nitrogens is 1. The second-order valence-corrected chi connectivity index (χ2v) is 2.29. The maximum absolute atomic E-state index is 11.1. The predicted octanol–water partition coefficient (Wildman–Crippen LogP) is 0.542. The minimum absolute atomic E-state index is 0. The molecule has 0 aliphatic carbocycles. The van der Waals surface area contributed by atoms with E-state index in [4.69, 9.17) is 0 Å². The minimum atomic E-state index is -0.136. The molecule has 1 radical (unpaired) electrons. The van der Waals surface area contributed by atoms with E-state index in [9.17, 15) is 4.79 Å². The Balaban J connectivity index is 0.000000720. The van der Waals surface area contributed by atoms with Gasteiger partial charge in [-0.3, -0.25) is 4.79 Å². The molecule has 1 heterocycles. The van der Waals surface area contributed by atoms with E-state index in [-0.39, 0.29) is 35.1 Å². The second kappa shape index (κ2) is 3.85. The molecule has 0 aliphatic heterocycles. The number of rotatable bonds is 0. The Morgan fingerprint density at radius 1 is 1.25 bits per heavy atom. The van der Waals surface area contributed by atoms with E-state index in [2.05, 4.69) is 10.2 Å². The summed E-state index contributed by atoms with van der Waals surface area (Å²) < 4.78 is 0. The standard InChI is InChI=1S/C8H6N2O.Na/c11-8-7-4-2-1-3-6(7)5-9-10-8;/h1-5H,(H,10,11);. The fraction of sp³-hybridized carbons (Fsp3) is 0. The van der Waals surface area contributed by atoms with Gasteiger partial charge in [-0.05, 0) is 6.07 Å². The van der Waals surface area contributed by atoms with Crippen molar-refractivity contribution < 1.29 is 0 Å². The van der Waals surface area contributed by atoms with E-state index in [1.807, 2.05) is 18.2 Å². The van der Waals surface area contributed by atoms with Crippen LogP contribution in [-0.2, 0) is 0 Å². The minimum Gasteiger partial charge on any atom is -0.267 e. The zero-order valence-electron chi connectivity index (χ0n) is 6.74. The molecule has 2 aromatic rings. The van der Waals surface area contributed by atoms with Crippen molar-refractivity contribution in [2.75, 3.05) is 0 Å². The number of nitrogens with zero attached hydrogens (tertiary/aromatic N) is 1. The molecule has 0 unspecified atom stereocenters. The largest absolute Gasteiger partial charge is 0.272 e. The van der Waals surface area contributed by atoms with Gasteiger partial charge in [0.05, 0.1) is 6.20 Å². The van der Waals surface area contributed by atoms with Crippen LogP contribution >= 0.6 is 0 Å². The Labute approximate surface area is 91.1 Å². The first-order valence-corrected chi connectivity index (χ1v) is 3.30. The van der Waals surface area contributed by atoms with Crippen molar-refractivity contribution in [3.05, 3.63) is 40.8 Å². The van der Waals surface area contributed by atoms with E-state index < -0.39 is 0 Å². The zero-order chi connectivity index (χ0) is 7.68. The summed E-state index contributed by atoms with van der Waals surface area (Å²) in [5.74, 6) is 0. The Morgan fingerprint density at radius 3 is 2.75 bits per heavy atom. The van der Waals surface area contributed by atoms with Crippen LogP contribution in [0.5, 0.6) is 0 Å². The van der Waals surface area contributed by atoms with Gasteiger partial charge in [-0.1, -0.05) is 18.2 Å². The molecule has 12 heavy (non-hydrogen) atoms. The summed E-state index contributed by atoms with van der Waals surface area (Å²) in [4.78, 5) is 11.1. The van der Waals surface area contributed by atoms with Crippen LogP contribution in [-0.4, -0.2) is 39.8 Å². The average molecular weight is 169 g/mol. The molecule has 0 saturated heterocycles. The number of aromatic amines is 1. The maximum atomic E-state index is 11.1. The quantitative estimate of drug-likeness (QED) is 0.585. The van der Waals surface area contributed by atoms with Crippen molar-refractivity contribution in [2.45, 2.75) is 0 Å². The molecule has 0 amide bonds. The Hall–Kier alpha value is -0.640. The Morgan fingerprint density at radius 2 is 2.00 bits per heavy atom. The van der Waals surface area contributed by atoms with Crippen molar-refractivity contribution in [3.63, 3.8) is 0 Å². The van der Waals surface area contributed by atoms with Crippen LogP contribution < -0.4 is 5.56 Å². The Kier molecular flexibility index (Phi) is 3.03. The smallest absolute Gasteiger partial charge is 0.267 e. The fourth-order valence-electron chi connectivity index (χ4n) is 1.04. The molecule has 0 saturated carbocycles. The summed E-state index contributed by atoms with van der Waals surface area (Å²) in [6.45, 7) is 0. The molecule has 0 fully saturated rings. The molecule has 1 aromatic carbocycles. The molecule has 2 rings (SSSR count). The third-order valence-electron chi connectivity index (χ3n) is 1.58. The summed E-state index contributed by atoms with van der Waals surface area (Å²) in [5, 5.41) is 7.60. The number of aromatic nitrogens is 2. The van der Waals surface area contributed by atoms with E-state index in [0.717, 1.165) is 5.39 Å². The first kappa shape index (κ1) is 9.45. The molecule has 1 N–H and O–H groups in total. The normalized spacial score (nSPS) is 9.33. The first-order valence-electron chi connectivity index (χ1n) is 3.30. The molecular formula is C8H6N2NaO. The summed E-state index contributed by atoms with van der Waals surface area (Å²) >= 11 is 0. The molecule has 0 bridgehead atoms. The molecule has 0 spiro atoms. The third kappa shape index (κ3) is 1.58. The zero-order valence-corrected chi connectivity index (χ0v) is 8.74. The Bertz CT molecular complexity index is 433. The van der Waals surface area contributed by atoms with Crippen LogP contribution in [0.15, 0.2) is 35.3 Å². The van der Waals surface area contributed by atoms with Gasteiger partial charge in [0, 0.05) is 40.3 Å². The van der Waals surface area contributed by atoms with Gasteiger partial charge >= 0.3 is 0 Å². The van der Waals surface area contributed by atoms with Crippen molar-refractivity contribution in [1.82, 2.24) is 10.2 Å². The van der Waals surface area contributed by atoms with E-state index in [1.165, 1.54) is 0 Å². The van der Waals surface area contributed by atoms with Gasteiger partial charge in [0.2, 0.25) is 0 Å². The SMILES string of the molecule is O=c1[nH]ncc2ccccc12.[Na]. The van der Waals surface area contributed by atoms with Crippen LogP contribution in [0.3, 0.4) is 0 Å². The van der Waals surface area contributed by atoms with E-state index in [0.29, 0.717) is 5.39 Å². The number of hydrogen-bond acceptors (Lipinski definition) is 2. The van der Waals surface area contributed by atoms with Crippen molar-refractivity contribution in [2.24, 2.45) is 0 Å². The molecule has 0 aliphatic rings. The number of fused-ring (bicyclic) bond motifs is 1. The van der Waals surface area contributed by atoms with Crippen molar-refractivity contribution in [1.29, 1.82) is 0 Å². The first-order chi connectivity index (χ1) is 5.38. The summed E-state index contributed by atoms with van der Waals surface area (Å²) in [5.41, 5.74) is -0.136. The molecule has 0 atom stereocenters. The van der Waals surface area contributed by atoms with Gasteiger partial charge in [-0.25, -0.2) is 5.10 Å². The van der Waals surface area contributed by atoms with Crippen LogP contribution in [0.1, 0.15) is 0 Å². The fourth-order valence-corrected chi connectivity index (χ4v) is 1.04. The van der Waals surface area contributed by atoms with E-state index in [1.54, 1.807) is 12.3 Å². The number of nitrogens with one attached hydrogen (secondary N) is 1. The van der Waals surface area contributed by atoms with Gasteiger partial charge in [-0.15, -0.1) is 0 Å². The molecule has 1 aromatic heterocycles. The number of benzene rings is 1. The summed E-state index contributed by atoms with van der Waals surface area (Å²) in [6, 6.07) is 7.34. The maximum Gasteiger partial charge on any atom is 0.272 e.